The minimum atomic E-state index is -0.336. The van der Waals surface area contributed by atoms with Crippen LogP contribution in [0.5, 0.6) is 5.75 Å². The summed E-state index contributed by atoms with van der Waals surface area (Å²) in [7, 11) is 1.48. The molecule has 3 aromatic rings. The van der Waals surface area contributed by atoms with E-state index in [-0.39, 0.29) is 11.1 Å². The van der Waals surface area contributed by atoms with Gasteiger partial charge in [-0.2, -0.15) is 0 Å². The van der Waals surface area contributed by atoms with Crippen LogP contribution in [0.2, 0.25) is 0 Å². The minimum Gasteiger partial charge on any atom is -0.495 e. The van der Waals surface area contributed by atoms with E-state index in [0.29, 0.717) is 18.6 Å². The number of aryl methyl sites for hydroxylation is 1. The molecule has 23 heavy (non-hydrogen) atoms. The Bertz CT molecular complexity index is 927. The zero-order valence-corrected chi connectivity index (χ0v) is 13.1. The molecule has 0 atom stereocenters. The quantitative estimate of drug-likeness (QED) is 0.696. The largest absolute Gasteiger partial charge is 0.495 e. The molecule has 0 amide bonds. The third-order valence-corrected chi connectivity index (χ3v) is 3.91. The summed E-state index contributed by atoms with van der Waals surface area (Å²) in [6.45, 7) is 2.37. The van der Waals surface area contributed by atoms with E-state index in [1.165, 1.54) is 7.11 Å². The molecule has 3 rings (SSSR count). The van der Waals surface area contributed by atoms with E-state index in [4.69, 9.17) is 4.74 Å². The van der Waals surface area contributed by atoms with Crippen LogP contribution in [0.15, 0.2) is 53.3 Å². The molecule has 2 aromatic carbocycles. The first kappa shape index (κ1) is 15.0. The van der Waals surface area contributed by atoms with Crippen molar-refractivity contribution in [1.82, 2.24) is 4.57 Å². The second kappa shape index (κ2) is 6.08. The number of hydrogen-bond acceptors (Lipinski definition) is 3. The lowest BCUT2D eigenvalue weighted by Crippen LogP contribution is -2.25. The summed E-state index contributed by atoms with van der Waals surface area (Å²) in [5.74, 6) is 0.341. The fraction of sp³-hybridized carbons (Fsp3) is 0.158. The SMILES string of the molecule is COc1c(C=O)c(=O)n(Cc2ccccc2)c2ccc(C)cc12. The van der Waals surface area contributed by atoms with Crippen LogP contribution < -0.4 is 10.3 Å². The van der Waals surface area contributed by atoms with Gasteiger partial charge in [0.25, 0.3) is 5.56 Å². The topological polar surface area (TPSA) is 48.3 Å². The van der Waals surface area contributed by atoms with Crippen molar-refractivity contribution in [2.24, 2.45) is 0 Å². The Morgan fingerprint density at radius 3 is 2.52 bits per heavy atom. The number of carbonyl (C=O) groups excluding carboxylic acids is 1. The van der Waals surface area contributed by atoms with E-state index < -0.39 is 0 Å². The molecule has 0 spiro atoms. The first-order valence-electron chi connectivity index (χ1n) is 7.36. The average Bonchev–Trinajstić information content (AvgIpc) is 2.57. The van der Waals surface area contributed by atoms with E-state index in [0.717, 1.165) is 22.0 Å². The smallest absolute Gasteiger partial charge is 0.265 e. The van der Waals surface area contributed by atoms with Crippen LogP contribution >= 0.6 is 0 Å². The molecule has 0 aliphatic rings. The molecule has 0 aliphatic carbocycles. The Hall–Kier alpha value is -2.88. The maximum Gasteiger partial charge on any atom is 0.265 e. The number of pyridine rings is 1. The predicted octanol–water partition coefficient (Wildman–Crippen LogP) is 3.18. The maximum absolute atomic E-state index is 12.7. The molecular weight excluding hydrogens is 290 g/mol. The maximum atomic E-state index is 12.7. The number of rotatable bonds is 4. The highest BCUT2D eigenvalue weighted by atomic mass is 16.5. The molecule has 0 saturated heterocycles. The van der Waals surface area contributed by atoms with Gasteiger partial charge in [0.05, 0.1) is 19.2 Å². The molecule has 0 N–H and O–H groups in total. The molecule has 1 aromatic heterocycles. The van der Waals surface area contributed by atoms with Crippen LogP contribution in [0.25, 0.3) is 10.9 Å². The number of fused-ring (bicyclic) bond motifs is 1. The van der Waals surface area contributed by atoms with Gasteiger partial charge in [0.15, 0.2) is 6.29 Å². The van der Waals surface area contributed by atoms with E-state index >= 15 is 0 Å². The fourth-order valence-corrected chi connectivity index (χ4v) is 2.81. The Morgan fingerprint density at radius 1 is 1.13 bits per heavy atom. The van der Waals surface area contributed by atoms with Crippen molar-refractivity contribution in [3.63, 3.8) is 0 Å². The van der Waals surface area contributed by atoms with E-state index in [1.807, 2.05) is 55.5 Å². The summed E-state index contributed by atoms with van der Waals surface area (Å²) in [6, 6.07) is 15.5. The van der Waals surface area contributed by atoms with Gasteiger partial charge in [-0.1, -0.05) is 42.0 Å². The monoisotopic (exact) mass is 307 g/mol. The Balaban J connectivity index is 2.34. The zero-order chi connectivity index (χ0) is 16.4. The molecule has 0 fully saturated rings. The van der Waals surface area contributed by atoms with Gasteiger partial charge in [-0.25, -0.2) is 0 Å². The van der Waals surface area contributed by atoms with E-state index in [2.05, 4.69) is 0 Å². The lowest BCUT2D eigenvalue weighted by molar-refractivity contribution is 0.111. The number of methoxy groups -OCH3 is 1. The van der Waals surface area contributed by atoms with E-state index in [9.17, 15) is 9.59 Å². The van der Waals surface area contributed by atoms with Crippen LogP contribution in [0, 0.1) is 6.92 Å². The molecule has 0 bridgehead atoms. The second-order valence-corrected chi connectivity index (χ2v) is 5.46. The van der Waals surface area contributed by atoms with Gasteiger partial charge in [0, 0.05) is 5.39 Å². The Kier molecular flexibility index (Phi) is 3.98. The molecule has 0 aliphatic heterocycles. The van der Waals surface area contributed by atoms with Crippen LogP contribution in [-0.4, -0.2) is 18.0 Å². The van der Waals surface area contributed by atoms with Gasteiger partial charge in [0.1, 0.15) is 11.3 Å². The van der Waals surface area contributed by atoms with Crippen molar-refractivity contribution in [3.8, 4) is 5.75 Å². The van der Waals surface area contributed by atoms with Crippen molar-refractivity contribution in [2.45, 2.75) is 13.5 Å². The normalized spacial score (nSPS) is 10.7. The Labute approximate surface area is 133 Å². The van der Waals surface area contributed by atoms with Crippen molar-refractivity contribution in [1.29, 1.82) is 0 Å². The third kappa shape index (κ3) is 2.63. The highest BCUT2D eigenvalue weighted by Gasteiger charge is 2.17. The molecule has 116 valence electrons. The lowest BCUT2D eigenvalue weighted by atomic mass is 10.1. The number of ether oxygens (including phenoxy) is 1. The molecule has 4 heteroatoms. The summed E-state index contributed by atoms with van der Waals surface area (Å²) < 4.78 is 6.97. The van der Waals surface area contributed by atoms with Crippen molar-refractivity contribution in [3.05, 3.63) is 75.6 Å². The molecular formula is C19H17NO3. The van der Waals surface area contributed by atoms with Crippen LogP contribution in [0.1, 0.15) is 21.5 Å². The molecule has 4 nitrogen and oxygen atoms in total. The second-order valence-electron chi connectivity index (χ2n) is 5.46. The highest BCUT2D eigenvalue weighted by molar-refractivity contribution is 5.94. The number of hydrogen-bond donors (Lipinski definition) is 0. The summed E-state index contributed by atoms with van der Waals surface area (Å²) in [5.41, 5.74) is 2.52. The van der Waals surface area contributed by atoms with Crippen LogP contribution in [0.3, 0.4) is 0 Å². The van der Waals surface area contributed by atoms with Crippen molar-refractivity contribution < 1.29 is 9.53 Å². The zero-order valence-electron chi connectivity index (χ0n) is 13.1. The predicted molar refractivity (Wildman–Crippen MR) is 90.4 cm³/mol. The van der Waals surface area contributed by atoms with Crippen LogP contribution in [-0.2, 0) is 6.54 Å². The fourth-order valence-electron chi connectivity index (χ4n) is 2.81. The molecule has 0 saturated carbocycles. The summed E-state index contributed by atoms with van der Waals surface area (Å²) in [4.78, 5) is 24.2. The Morgan fingerprint density at radius 2 is 1.87 bits per heavy atom. The first-order chi connectivity index (χ1) is 11.2. The average molecular weight is 307 g/mol. The molecule has 1 heterocycles. The van der Waals surface area contributed by atoms with E-state index in [1.54, 1.807) is 4.57 Å². The summed E-state index contributed by atoms with van der Waals surface area (Å²) >= 11 is 0. The number of aldehydes is 1. The summed E-state index contributed by atoms with van der Waals surface area (Å²) in [5, 5.41) is 0.769. The summed E-state index contributed by atoms with van der Waals surface area (Å²) in [6.07, 6.45) is 0.574. The highest BCUT2D eigenvalue weighted by Crippen LogP contribution is 2.28. The number of benzene rings is 2. The van der Waals surface area contributed by atoms with Gasteiger partial charge < -0.3 is 9.30 Å². The number of carbonyl (C=O) groups is 1. The molecule has 0 unspecified atom stereocenters. The van der Waals surface area contributed by atoms with Crippen molar-refractivity contribution in [2.75, 3.05) is 7.11 Å². The number of nitrogens with zero attached hydrogens (tertiary/aromatic N) is 1. The van der Waals surface area contributed by atoms with Gasteiger partial charge in [-0.05, 0) is 24.6 Å². The minimum absolute atomic E-state index is 0.0570. The van der Waals surface area contributed by atoms with Crippen molar-refractivity contribution >= 4 is 17.2 Å². The van der Waals surface area contributed by atoms with Gasteiger partial charge in [-0.15, -0.1) is 0 Å². The third-order valence-electron chi connectivity index (χ3n) is 3.91. The molecule has 0 radical (unpaired) electrons. The van der Waals surface area contributed by atoms with Crippen LogP contribution in [0.4, 0.5) is 0 Å². The van der Waals surface area contributed by atoms with Gasteiger partial charge >= 0.3 is 0 Å². The standard InChI is InChI=1S/C19H17NO3/c1-13-8-9-17-15(10-13)18(23-2)16(12-21)19(22)20(17)11-14-6-4-3-5-7-14/h3-10,12H,11H2,1-2H3. The van der Waals surface area contributed by atoms with Gasteiger partial charge in [0.2, 0.25) is 0 Å². The first-order valence-corrected chi connectivity index (χ1v) is 7.36. The van der Waals surface area contributed by atoms with Gasteiger partial charge in [-0.3, -0.25) is 9.59 Å². The lowest BCUT2D eigenvalue weighted by Gasteiger charge is -2.15. The number of aromatic nitrogens is 1.